The van der Waals surface area contributed by atoms with Gasteiger partial charge in [0.25, 0.3) is 0 Å². The smallest absolute Gasteiger partial charge is 0.107 e. The van der Waals surface area contributed by atoms with Gasteiger partial charge in [0.2, 0.25) is 0 Å². The standard InChI is InChI=1S/C11H15ClN2S/c1-11(2,3)14-8-6-4-5-7(12)9(8)10(13)15/h4-6,14H,1-3H3,(H2,13,15). The molecular weight excluding hydrogens is 228 g/mol. The average molecular weight is 243 g/mol. The van der Waals surface area contributed by atoms with Crippen LogP contribution < -0.4 is 11.1 Å². The molecule has 0 aliphatic carbocycles. The molecule has 0 heterocycles. The molecule has 3 N–H and O–H groups in total. The molecule has 0 aromatic heterocycles. The third kappa shape index (κ3) is 3.36. The topological polar surface area (TPSA) is 38.0 Å². The van der Waals surface area contributed by atoms with Gasteiger partial charge in [0.05, 0.1) is 10.6 Å². The van der Waals surface area contributed by atoms with Crippen molar-refractivity contribution in [3.05, 3.63) is 28.8 Å². The summed E-state index contributed by atoms with van der Waals surface area (Å²) < 4.78 is 0. The molecule has 0 spiro atoms. The van der Waals surface area contributed by atoms with Crippen molar-refractivity contribution in [3.8, 4) is 0 Å². The van der Waals surface area contributed by atoms with Crippen LogP contribution in [0.15, 0.2) is 18.2 Å². The molecule has 2 nitrogen and oxygen atoms in total. The minimum atomic E-state index is -0.0514. The molecule has 0 atom stereocenters. The minimum Gasteiger partial charge on any atom is -0.389 e. The normalized spacial score (nSPS) is 11.2. The van der Waals surface area contributed by atoms with Gasteiger partial charge < -0.3 is 11.1 Å². The maximum absolute atomic E-state index is 6.05. The Kier molecular flexibility index (Phi) is 3.58. The Morgan fingerprint density at radius 2 is 2.00 bits per heavy atom. The Morgan fingerprint density at radius 1 is 1.40 bits per heavy atom. The van der Waals surface area contributed by atoms with E-state index < -0.39 is 0 Å². The summed E-state index contributed by atoms with van der Waals surface area (Å²) in [5.41, 5.74) is 7.18. The summed E-state index contributed by atoms with van der Waals surface area (Å²) >= 11 is 11.0. The molecule has 4 heteroatoms. The first-order valence-electron chi connectivity index (χ1n) is 4.68. The van der Waals surface area contributed by atoms with E-state index in [-0.39, 0.29) is 5.54 Å². The fourth-order valence-electron chi connectivity index (χ4n) is 1.28. The zero-order valence-electron chi connectivity index (χ0n) is 9.10. The van der Waals surface area contributed by atoms with Crippen LogP contribution in [-0.4, -0.2) is 10.5 Å². The molecule has 0 fully saturated rings. The predicted octanol–water partition coefficient (Wildman–Crippen LogP) is 3.18. The summed E-state index contributed by atoms with van der Waals surface area (Å²) in [5, 5.41) is 3.90. The van der Waals surface area contributed by atoms with Crippen molar-refractivity contribution in [1.29, 1.82) is 0 Å². The van der Waals surface area contributed by atoms with E-state index in [0.717, 1.165) is 5.69 Å². The first-order chi connectivity index (χ1) is 6.81. The lowest BCUT2D eigenvalue weighted by Gasteiger charge is -2.24. The number of hydrogen-bond donors (Lipinski definition) is 2. The summed E-state index contributed by atoms with van der Waals surface area (Å²) in [6.45, 7) is 6.20. The molecule has 1 aromatic rings. The molecule has 0 radical (unpaired) electrons. The summed E-state index contributed by atoms with van der Waals surface area (Å²) in [5.74, 6) is 0. The summed E-state index contributed by atoms with van der Waals surface area (Å²) in [7, 11) is 0. The maximum atomic E-state index is 6.05. The van der Waals surface area contributed by atoms with Crippen LogP contribution in [0.2, 0.25) is 5.02 Å². The fraction of sp³-hybridized carbons (Fsp3) is 0.364. The SMILES string of the molecule is CC(C)(C)Nc1cccc(Cl)c1C(N)=S. The number of nitrogens with two attached hydrogens (primary N) is 1. The van der Waals surface area contributed by atoms with Crippen molar-refractivity contribution in [1.82, 2.24) is 0 Å². The van der Waals surface area contributed by atoms with Crippen LogP contribution >= 0.6 is 23.8 Å². The van der Waals surface area contributed by atoms with Crippen molar-refractivity contribution in [2.24, 2.45) is 5.73 Å². The van der Waals surface area contributed by atoms with Gasteiger partial charge in [-0.15, -0.1) is 0 Å². The third-order valence-corrected chi connectivity index (χ3v) is 2.29. The molecule has 82 valence electrons. The van der Waals surface area contributed by atoms with Crippen LogP contribution in [0.25, 0.3) is 0 Å². The van der Waals surface area contributed by atoms with Gasteiger partial charge in [0.1, 0.15) is 4.99 Å². The van der Waals surface area contributed by atoms with E-state index in [1.54, 1.807) is 6.07 Å². The Balaban J connectivity index is 3.18. The zero-order chi connectivity index (χ0) is 11.6. The van der Waals surface area contributed by atoms with E-state index in [0.29, 0.717) is 15.6 Å². The largest absolute Gasteiger partial charge is 0.389 e. The van der Waals surface area contributed by atoms with Crippen LogP contribution in [0.3, 0.4) is 0 Å². The molecule has 0 aliphatic rings. The van der Waals surface area contributed by atoms with Crippen LogP contribution in [-0.2, 0) is 0 Å². The van der Waals surface area contributed by atoms with Gasteiger partial charge in [-0.1, -0.05) is 29.9 Å². The Bertz CT molecular complexity index is 383. The highest BCUT2D eigenvalue weighted by Crippen LogP contribution is 2.26. The molecule has 15 heavy (non-hydrogen) atoms. The number of hydrogen-bond acceptors (Lipinski definition) is 2. The fourth-order valence-corrected chi connectivity index (χ4v) is 1.84. The lowest BCUT2D eigenvalue weighted by molar-refractivity contribution is 0.634. The van der Waals surface area contributed by atoms with Gasteiger partial charge in [-0.05, 0) is 32.9 Å². The molecule has 0 unspecified atom stereocenters. The van der Waals surface area contributed by atoms with Gasteiger partial charge >= 0.3 is 0 Å². The maximum Gasteiger partial charge on any atom is 0.107 e. The van der Waals surface area contributed by atoms with E-state index >= 15 is 0 Å². The lowest BCUT2D eigenvalue weighted by atomic mass is 10.1. The number of thiocarbonyl (C=S) groups is 1. The monoisotopic (exact) mass is 242 g/mol. The summed E-state index contributed by atoms with van der Waals surface area (Å²) in [6, 6.07) is 5.58. The number of halogens is 1. The number of nitrogens with one attached hydrogen (secondary N) is 1. The van der Waals surface area contributed by atoms with E-state index in [4.69, 9.17) is 29.6 Å². The van der Waals surface area contributed by atoms with Crippen LogP contribution in [0.4, 0.5) is 5.69 Å². The van der Waals surface area contributed by atoms with Crippen molar-refractivity contribution in [3.63, 3.8) is 0 Å². The van der Waals surface area contributed by atoms with Crippen LogP contribution in [0.1, 0.15) is 26.3 Å². The molecule has 0 saturated heterocycles. The van der Waals surface area contributed by atoms with Crippen molar-refractivity contribution in [2.45, 2.75) is 26.3 Å². The van der Waals surface area contributed by atoms with E-state index in [1.165, 1.54) is 0 Å². The second kappa shape index (κ2) is 4.37. The highest BCUT2D eigenvalue weighted by atomic mass is 35.5. The third-order valence-electron chi connectivity index (χ3n) is 1.77. The van der Waals surface area contributed by atoms with E-state index in [1.807, 2.05) is 12.1 Å². The first kappa shape index (κ1) is 12.3. The van der Waals surface area contributed by atoms with Gasteiger partial charge in [0.15, 0.2) is 0 Å². The van der Waals surface area contributed by atoms with Crippen molar-refractivity contribution in [2.75, 3.05) is 5.32 Å². The second-order valence-corrected chi connectivity index (χ2v) is 5.25. The Morgan fingerprint density at radius 3 is 2.47 bits per heavy atom. The quantitative estimate of drug-likeness (QED) is 0.783. The molecule has 1 rings (SSSR count). The molecule has 0 aliphatic heterocycles. The van der Waals surface area contributed by atoms with E-state index in [9.17, 15) is 0 Å². The minimum absolute atomic E-state index is 0.0514. The van der Waals surface area contributed by atoms with Crippen LogP contribution in [0, 0.1) is 0 Å². The molecule has 0 amide bonds. The number of rotatable bonds is 2. The molecule has 0 saturated carbocycles. The zero-order valence-corrected chi connectivity index (χ0v) is 10.7. The van der Waals surface area contributed by atoms with Gasteiger partial charge in [-0.3, -0.25) is 0 Å². The number of benzene rings is 1. The Labute approximate surface area is 101 Å². The summed E-state index contributed by atoms with van der Waals surface area (Å²) in [4.78, 5) is 0.312. The average Bonchev–Trinajstić information content (AvgIpc) is 1.99. The lowest BCUT2D eigenvalue weighted by Crippen LogP contribution is -2.28. The predicted molar refractivity (Wildman–Crippen MR) is 70.7 cm³/mol. The van der Waals surface area contributed by atoms with Gasteiger partial charge in [-0.25, -0.2) is 0 Å². The van der Waals surface area contributed by atoms with E-state index in [2.05, 4.69) is 26.1 Å². The van der Waals surface area contributed by atoms with Gasteiger partial charge in [-0.2, -0.15) is 0 Å². The van der Waals surface area contributed by atoms with Crippen molar-refractivity contribution >= 4 is 34.5 Å². The van der Waals surface area contributed by atoms with Crippen LogP contribution in [0.5, 0.6) is 0 Å². The highest BCUT2D eigenvalue weighted by Gasteiger charge is 2.15. The van der Waals surface area contributed by atoms with Crippen molar-refractivity contribution < 1.29 is 0 Å². The second-order valence-electron chi connectivity index (χ2n) is 4.40. The highest BCUT2D eigenvalue weighted by molar-refractivity contribution is 7.80. The molecular formula is C11H15ClN2S. The summed E-state index contributed by atoms with van der Waals surface area (Å²) in [6.07, 6.45) is 0. The molecule has 1 aromatic carbocycles. The Hall–Kier alpha value is -0.800. The first-order valence-corrected chi connectivity index (χ1v) is 5.46. The van der Waals surface area contributed by atoms with Gasteiger partial charge in [0, 0.05) is 11.2 Å². The number of anilines is 1. The molecule has 0 bridgehead atoms.